The molecule has 1 heterocycles. The molecular weight excluding hydrogens is 180 g/mol. The van der Waals surface area contributed by atoms with E-state index >= 15 is 0 Å². The van der Waals surface area contributed by atoms with Crippen LogP contribution in [0.4, 0.5) is 0 Å². The van der Waals surface area contributed by atoms with E-state index in [1.54, 1.807) is 6.20 Å². The highest BCUT2D eigenvalue weighted by molar-refractivity contribution is 5.58. The molecule has 1 aromatic heterocycles. The lowest BCUT2D eigenvalue weighted by atomic mass is 10.1. The largest absolute Gasteiger partial charge is 0.445 e. The second-order valence-corrected chi connectivity index (χ2v) is 2.83. The molecule has 72 valence electrons. The highest BCUT2D eigenvalue weighted by atomic mass is 16.5. The van der Waals surface area contributed by atoms with Crippen LogP contribution in [0.2, 0.25) is 0 Å². The zero-order chi connectivity index (χ0) is 9.80. The van der Waals surface area contributed by atoms with Gasteiger partial charge >= 0.3 is 0 Å². The minimum Gasteiger partial charge on any atom is -0.445 e. The van der Waals surface area contributed by atoms with Gasteiger partial charge in [0.1, 0.15) is 6.26 Å². The lowest BCUT2D eigenvalue weighted by molar-refractivity contribution is 0.161. The predicted octanol–water partition coefficient (Wildman–Crippen LogP) is 1.82. The molecule has 0 aliphatic rings. The molecule has 0 aliphatic heterocycles. The van der Waals surface area contributed by atoms with Gasteiger partial charge in [0.25, 0.3) is 0 Å². The van der Waals surface area contributed by atoms with Crippen LogP contribution in [-0.2, 0) is 6.54 Å². The quantitative estimate of drug-likeness (QED) is 0.725. The van der Waals surface area contributed by atoms with Crippen LogP contribution in [-0.4, -0.2) is 10.2 Å². The zero-order valence-corrected chi connectivity index (χ0v) is 7.47. The van der Waals surface area contributed by atoms with E-state index in [2.05, 4.69) is 10.5 Å². The maximum absolute atomic E-state index is 8.64. The summed E-state index contributed by atoms with van der Waals surface area (Å²) in [6, 6.07) is 7.61. The molecule has 0 spiro atoms. The van der Waals surface area contributed by atoms with Crippen LogP contribution in [0.1, 0.15) is 5.56 Å². The summed E-state index contributed by atoms with van der Waals surface area (Å²) in [6.45, 7) is 0.374. The second-order valence-electron chi connectivity index (χ2n) is 2.83. The van der Waals surface area contributed by atoms with Crippen molar-refractivity contribution < 1.29 is 9.62 Å². The van der Waals surface area contributed by atoms with Crippen molar-refractivity contribution in [2.75, 3.05) is 0 Å². The van der Waals surface area contributed by atoms with Gasteiger partial charge in [0.15, 0.2) is 0 Å². The van der Waals surface area contributed by atoms with Gasteiger partial charge in [-0.2, -0.15) is 0 Å². The van der Waals surface area contributed by atoms with E-state index in [-0.39, 0.29) is 0 Å². The van der Waals surface area contributed by atoms with Gasteiger partial charge < -0.3 is 9.62 Å². The van der Waals surface area contributed by atoms with Gasteiger partial charge in [-0.25, -0.2) is 10.5 Å². The third-order valence-corrected chi connectivity index (χ3v) is 1.95. The normalized spacial score (nSPS) is 10.4. The molecule has 0 atom stereocenters. The Morgan fingerprint density at radius 3 is 2.93 bits per heavy atom. The maximum atomic E-state index is 8.64. The van der Waals surface area contributed by atoms with E-state index in [1.807, 2.05) is 24.3 Å². The zero-order valence-electron chi connectivity index (χ0n) is 7.47. The maximum Gasteiger partial charge on any atom is 0.226 e. The van der Waals surface area contributed by atoms with Crippen molar-refractivity contribution in [1.29, 1.82) is 0 Å². The van der Waals surface area contributed by atoms with E-state index in [0.717, 1.165) is 11.1 Å². The average molecular weight is 190 g/mol. The molecule has 0 radical (unpaired) electrons. The second kappa shape index (κ2) is 4.04. The predicted molar refractivity (Wildman–Crippen MR) is 50.6 cm³/mol. The minimum absolute atomic E-state index is 0.374. The summed E-state index contributed by atoms with van der Waals surface area (Å²) < 4.78 is 5.19. The first-order valence-electron chi connectivity index (χ1n) is 4.26. The van der Waals surface area contributed by atoms with Crippen molar-refractivity contribution in [2.45, 2.75) is 6.54 Å². The van der Waals surface area contributed by atoms with Gasteiger partial charge in [0, 0.05) is 12.1 Å². The van der Waals surface area contributed by atoms with Gasteiger partial charge in [-0.05, 0) is 11.6 Å². The van der Waals surface area contributed by atoms with Crippen molar-refractivity contribution in [3.8, 4) is 11.5 Å². The summed E-state index contributed by atoms with van der Waals surface area (Å²) in [7, 11) is 0. The number of aromatic nitrogens is 1. The number of benzene rings is 1. The first-order valence-corrected chi connectivity index (χ1v) is 4.26. The molecule has 4 nitrogen and oxygen atoms in total. The molecule has 2 aromatic rings. The first-order chi connectivity index (χ1) is 6.92. The molecule has 0 amide bonds. The van der Waals surface area contributed by atoms with Crippen molar-refractivity contribution in [3.63, 3.8) is 0 Å². The van der Waals surface area contributed by atoms with E-state index in [4.69, 9.17) is 9.62 Å². The Balaban J connectivity index is 2.42. The van der Waals surface area contributed by atoms with Crippen molar-refractivity contribution in [3.05, 3.63) is 42.3 Å². The molecule has 0 fully saturated rings. The molecule has 2 rings (SSSR count). The number of hydroxylamine groups is 1. The number of nitrogens with one attached hydrogen (secondary N) is 1. The molecule has 0 saturated carbocycles. The van der Waals surface area contributed by atoms with Crippen LogP contribution in [0, 0.1) is 0 Å². The number of rotatable bonds is 3. The SMILES string of the molecule is ONCc1ccccc1-c1ncco1. The summed E-state index contributed by atoms with van der Waals surface area (Å²) in [6.07, 6.45) is 3.12. The topological polar surface area (TPSA) is 58.3 Å². The summed E-state index contributed by atoms with van der Waals surface area (Å²) in [5, 5.41) is 8.64. The van der Waals surface area contributed by atoms with E-state index in [0.29, 0.717) is 12.4 Å². The fraction of sp³-hybridized carbons (Fsp3) is 0.100. The van der Waals surface area contributed by atoms with Crippen LogP contribution in [0.5, 0.6) is 0 Å². The Morgan fingerprint density at radius 1 is 1.36 bits per heavy atom. The summed E-state index contributed by atoms with van der Waals surface area (Å²) in [5.74, 6) is 0.566. The average Bonchev–Trinajstić information content (AvgIpc) is 2.72. The van der Waals surface area contributed by atoms with Crippen LogP contribution < -0.4 is 5.48 Å². The fourth-order valence-corrected chi connectivity index (χ4v) is 1.32. The Morgan fingerprint density at radius 2 is 2.21 bits per heavy atom. The van der Waals surface area contributed by atoms with Gasteiger partial charge in [0.2, 0.25) is 5.89 Å². The molecule has 2 N–H and O–H groups in total. The Labute approximate surface area is 81.2 Å². The Bertz CT molecular complexity index is 398. The molecular formula is C10H10N2O2. The summed E-state index contributed by atoms with van der Waals surface area (Å²) in [4.78, 5) is 4.05. The molecule has 4 heteroatoms. The number of nitrogens with zero attached hydrogens (tertiary/aromatic N) is 1. The first kappa shape index (κ1) is 8.93. The monoisotopic (exact) mass is 190 g/mol. The van der Waals surface area contributed by atoms with E-state index in [9.17, 15) is 0 Å². The van der Waals surface area contributed by atoms with E-state index < -0.39 is 0 Å². The Kier molecular flexibility index (Phi) is 2.58. The highest BCUT2D eigenvalue weighted by Gasteiger charge is 2.06. The highest BCUT2D eigenvalue weighted by Crippen LogP contribution is 2.21. The molecule has 14 heavy (non-hydrogen) atoms. The summed E-state index contributed by atoms with van der Waals surface area (Å²) in [5.41, 5.74) is 3.95. The van der Waals surface area contributed by atoms with Crippen molar-refractivity contribution >= 4 is 0 Å². The van der Waals surface area contributed by atoms with E-state index in [1.165, 1.54) is 6.26 Å². The van der Waals surface area contributed by atoms with Crippen LogP contribution >= 0.6 is 0 Å². The van der Waals surface area contributed by atoms with Crippen LogP contribution in [0.3, 0.4) is 0 Å². The lowest BCUT2D eigenvalue weighted by Gasteiger charge is -2.04. The van der Waals surface area contributed by atoms with Gasteiger partial charge in [-0.1, -0.05) is 18.2 Å². The van der Waals surface area contributed by atoms with Gasteiger partial charge in [-0.3, -0.25) is 0 Å². The van der Waals surface area contributed by atoms with Crippen LogP contribution in [0.15, 0.2) is 41.1 Å². The molecule has 0 bridgehead atoms. The molecule has 1 aromatic carbocycles. The molecule has 0 saturated heterocycles. The fourth-order valence-electron chi connectivity index (χ4n) is 1.32. The lowest BCUT2D eigenvalue weighted by Crippen LogP contribution is -2.07. The smallest absolute Gasteiger partial charge is 0.226 e. The number of oxazole rings is 1. The number of hydrogen-bond donors (Lipinski definition) is 2. The van der Waals surface area contributed by atoms with Gasteiger partial charge in [0.05, 0.1) is 6.20 Å². The molecule has 0 unspecified atom stereocenters. The third kappa shape index (κ3) is 1.66. The van der Waals surface area contributed by atoms with Crippen molar-refractivity contribution in [2.24, 2.45) is 0 Å². The van der Waals surface area contributed by atoms with Crippen LogP contribution in [0.25, 0.3) is 11.5 Å². The standard InChI is InChI=1S/C10H10N2O2/c13-12-7-8-3-1-2-4-9(8)10-11-5-6-14-10/h1-6,12-13H,7H2. The van der Waals surface area contributed by atoms with Crippen molar-refractivity contribution in [1.82, 2.24) is 10.5 Å². The minimum atomic E-state index is 0.374. The summed E-state index contributed by atoms with van der Waals surface area (Å²) >= 11 is 0. The molecule has 0 aliphatic carbocycles. The number of hydrogen-bond acceptors (Lipinski definition) is 4. The third-order valence-electron chi connectivity index (χ3n) is 1.95. The Hall–Kier alpha value is -1.65. The van der Waals surface area contributed by atoms with Gasteiger partial charge in [-0.15, -0.1) is 0 Å².